The summed E-state index contributed by atoms with van der Waals surface area (Å²) in [5, 5.41) is 0. The van der Waals surface area contributed by atoms with Gasteiger partial charge in [-0.15, -0.1) is 0 Å². The first kappa shape index (κ1) is 8.24. The van der Waals surface area contributed by atoms with Gasteiger partial charge in [0.25, 0.3) is 0 Å². The number of rotatable bonds is 1. The lowest BCUT2D eigenvalue weighted by molar-refractivity contribution is -0.126. The van der Waals surface area contributed by atoms with E-state index in [9.17, 15) is 4.79 Å². The van der Waals surface area contributed by atoms with Gasteiger partial charge in [-0.2, -0.15) is 0 Å². The normalized spacial score (nSPS) is 46.2. The van der Waals surface area contributed by atoms with Crippen LogP contribution in [-0.4, -0.2) is 17.5 Å². The monoisotopic (exact) mass is 168 g/mol. The molecule has 2 fully saturated rings. The summed E-state index contributed by atoms with van der Waals surface area (Å²) in [4.78, 5) is 11.7. The van der Waals surface area contributed by atoms with Gasteiger partial charge in [0, 0.05) is 5.92 Å². The molecule has 2 aliphatic rings. The van der Waals surface area contributed by atoms with Crippen molar-refractivity contribution in [1.29, 1.82) is 0 Å². The first-order chi connectivity index (χ1) is 5.54. The van der Waals surface area contributed by atoms with Crippen molar-refractivity contribution in [3.8, 4) is 0 Å². The minimum atomic E-state index is -0.0670. The van der Waals surface area contributed by atoms with Crippen LogP contribution in [0.4, 0.5) is 0 Å². The van der Waals surface area contributed by atoms with Crippen LogP contribution in [0.3, 0.4) is 0 Å². The van der Waals surface area contributed by atoms with Gasteiger partial charge < -0.3 is 4.74 Å². The Morgan fingerprint density at radius 2 is 2.25 bits per heavy atom. The molecule has 68 valence electrons. The van der Waals surface area contributed by atoms with E-state index >= 15 is 0 Å². The molecule has 0 spiro atoms. The molecular formula is C10H16O2. The third-order valence-corrected chi connectivity index (χ3v) is 3.26. The first-order valence-corrected chi connectivity index (χ1v) is 4.76. The van der Waals surface area contributed by atoms with Crippen molar-refractivity contribution in [2.75, 3.05) is 0 Å². The quantitative estimate of drug-likeness (QED) is 0.558. The maximum atomic E-state index is 11.7. The summed E-state index contributed by atoms with van der Waals surface area (Å²) >= 11 is 0. The lowest BCUT2D eigenvalue weighted by atomic mass is 9.77. The summed E-state index contributed by atoms with van der Waals surface area (Å²) in [6.45, 7) is 6.29. The predicted molar refractivity (Wildman–Crippen MR) is 45.8 cm³/mol. The van der Waals surface area contributed by atoms with Gasteiger partial charge in [-0.1, -0.05) is 13.8 Å². The lowest BCUT2D eigenvalue weighted by Crippen LogP contribution is -2.34. The van der Waals surface area contributed by atoms with Gasteiger partial charge in [-0.25, -0.2) is 0 Å². The number of epoxide rings is 1. The molecule has 2 heteroatoms. The average Bonchev–Trinajstić information content (AvgIpc) is 2.62. The van der Waals surface area contributed by atoms with Crippen LogP contribution >= 0.6 is 0 Å². The van der Waals surface area contributed by atoms with Crippen LogP contribution in [0.1, 0.15) is 33.6 Å². The van der Waals surface area contributed by atoms with Gasteiger partial charge >= 0.3 is 0 Å². The molecule has 1 heterocycles. The molecule has 0 N–H and O–H groups in total. The molecular weight excluding hydrogens is 152 g/mol. The summed E-state index contributed by atoms with van der Waals surface area (Å²) in [7, 11) is 0. The minimum absolute atomic E-state index is 0.0568. The molecule has 1 saturated heterocycles. The number of carbonyl (C=O) groups is 1. The molecule has 0 aromatic carbocycles. The van der Waals surface area contributed by atoms with Crippen LogP contribution in [0.15, 0.2) is 0 Å². The standard InChI is InChI=1S/C10H16O2/c1-6(2)7-4-5-10(3)9(12-10)8(7)11/h6-7,9H,4-5H2,1-3H3/t7-,9-,10+/m1/s1. The molecule has 12 heavy (non-hydrogen) atoms. The molecule has 0 amide bonds. The highest BCUT2D eigenvalue weighted by atomic mass is 16.6. The molecule has 0 aromatic heterocycles. The molecule has 1 saturated carbocycles. The summed E-state index contributed by atoms with van der Waals surface area (Å²) < 4.78 is 5.41. The Hall–Kier alpha value is -0.370. The van der Waals surface area contributed by atoms with E-state index in [1.807, 2.05) is 6.92 Å². The number of ketones is 1. The van der Waals surface area contributed by atoms with Gasteiger partial charge in [-0.3, -0.25) is 4.79 Å². The number of Topliss-reactive ketones (excluding diaryl/α,β-unsaturated/α-hetero) is 1. The van der Waals surface area contributed by atoms with Crippen molar-refractivity contribution in [2.45, 2.75) is 45.3 Å². The minimum Gasteiger partial charge on any atom is -0.358 e. The van der Waals surface area contributed by atoms with Crippen LogP contribution in [0, 0.1) is 11.8 Å². The Balaban J connectivity index is 2.10. The molecule has 0 unspecified atom stereocenters. The molecule has 1 aliphatic carbocycles. The van der Waals surface area contributed by atoms with E-state index in [1.165, 1.54) is 0 Å². The van der Waals surface area contributed by atoms with Gasteiger partial charge in [0.05, 0.1) is 5.60 Å². The maximum Gasteiger partial charge on any atom is 0.167 e. The second-order valence-corrected chi connectivity index (χ2v) is 4.60. The van der Waals surface area contributed by atoms with Gasteiger partial charge in [0.1, 0.15) is 6.10 Å². The Morgan fingerprint density at radius 3 is 2.83 bits per heavy atom. The first-order valence-electron chi connectivity index (χ1n) is 4.76. The Labute approximate surface area is 73.3 Å². The molecule has 2 nitrogen and oxygen atoms in total. The SMILES string of the molecule is CC(C)[C@H]1CC[C@]2(C)O[C@@H]2C1=O. The van der Waals surface area contributed by atoms with E-state index < -0.39 is 0 Å². The van der Waals surface area contributed by atoms with Crippen molar-refractivity contribution in [2.24, 2.45) is 11.8 Å². The van der Waals surface area contributed by atoms with E-state index in [0.29, 0.717) is 11.7 Å². The van der Waals surface area contributed by atoms with Crippen molar-refractivity contribution >= 4 is 5.78 Å². The fourth-order valence-electron chi connectivity index (χ4n) is 2.22. The molecule has 0 bridgehead atoms. The number of fused-ring (bicyclic) bond motifs is 1. The number of ether oxygens (including phenoxy) is 1. The highest BCUT2D eigenvalue weighted by Crippen LogP contribution is 2.48. The smallest absolute Gasteiger partial charge is 0.167 e. The van der Waals surface area contributed by atoms with Gasteiger partial charge in [0.15, 0.2) is 5.78 Å². The summed E-state index contributed by atoms with van der Waals surface area (Å²) in [5.74, 6) is 1.08. The summed E-state index contributed by atoms with van der Waals surface area (Å²) in [6.07, 6.45) is 2.02. The van der Waals surface area contributed by atoms with E-state index in [-0.39, 0.29) is 17.6 Å². The van der Waals surface area contributed by atoms with Crippen molar-refractivity contribution < 1.29 is 9.53 Å². The lowest BCUT2D eigenvalue weighted by Gasteiger charge is -2.23. The van der Waals surface area contributed by atoms with E-state index in [4.69, 9.17) is 4.74 Å². The molecule has 1 aliphatic heterocycles. The van der Waals surface area contributed by atoms with E-state index in [1.54, 1.807) is 0 Å². The van der Waals surface area contributed by atoms with E-state index in [2.05, 4.69) is 13.8 Å². The van der Waals surface area contributed by atoms with Crippen LogP contribution in [0.2, 0.25) is 0 Å². The topological polar surface area (TPSA) is 29.6 Å². The predicted octanol–water partition coefficient (Wildman–Crippen LogP) is 1.78. The zero-order chi connectivity index (χ0) is 8.93. The second-order valence-electron chi connectivity index (χ2n) is 4.60. The highest BCUT2D eigenvalue weighted by molar-refractivity contribution is 5.90. The highest BCUT2D eigenvalue weighted by Gasteiger charge is 2.60. The van der Waals surface area contributed by atoms with Crippen LogP contribution in [-0.2, 0) is 9.53 Å². The zero-order valence-corrected chi connectivity index (χ0v) is 7.96. The molecule has 2 rings (SSSR count). The van der Waals surface area contributed by atoms with Crippen LogP contribution in [0.5, 0.6) is 0 Å². The molecule has 3 atom stereocenters. The van der Waals surface area contributed by atoms with Crippen molar-refractivity contribution in [3.63, 3.8) is 0 Å². The van der Waals surface area contributed by atoms with Gasteiger partial charge in [-0.05, 0) is 25.7 Å². The molecule has 0 aromatic rings. The molecule has 0 radical (unpaired) electrons. The fourth-order valence-corrected chi connectivity index (χ4v) is 2.22. The largest absolute Gasteiger partial charge is 0.358 e. The van der Waals surface area contributed by atoms with Gasteiger partial charge in [0.2, 0.25) is 0 Å². The third kappa shape index (κ3) is 1.01. The van der Waals surface area contributed by atoms with Crippen LogP contribution in [0.25, 0.3) is 0 Å². The fraction of sp³-hybridized carbons (Fsp3) is 0.900. The van der Waals surface area contributed by atoms with Crippen molar-refractivity contribution in [1.82, 2.24) is 0 Å². The Kier molecular flexibility index (Phi) is 1.59. The second kappa shape index (κ2) is 2.32. The average molecular weight is 168 g/mol. The summed E-state index contributed by atoms with van der Waals surface area (Å²) in [5.41, 5.74) is -0.0670. The van der Waals surface area contributed by atoms with Crippen LogP contribution < -0.4 is 0 Å². The maximum absolute atomic E-state index is 11.7. The number of carbonyl (C=O) groups excluding carboxylic acids is 1. The Bertz CT molecular complexity index is 222. The number of hydrogen-bond acceptors (Lipinski definition) is 2. The van der Waals surface area contributed by atoms with E-state index in [0.717, 1.165) is 12.8 Å². The summed E-state index contributed by atoms with van der Waals surface area (Å²) in [6, 6.07) is 0. The third-order valence-electron chi connectivity index (χ3n) is 3.26. The van der Waals surface area contributed by atoms with Crippen molar-refractivity contribution in [3.05, 3.63) is 0 Å². The number of hydrogen-bond donors (Lipinski definition) is 0. The zero-order valence-electron chi connectivity index (χ0n) is 7.96. The Morgan fingerprint density at radius 1 is 1.58 bits per heavy atom.